The Hall–Kier alpha value is -1.89. The van der Waals surface area contributed by atoms with Gasteiger partial charge in [-0.25, -0.2) is 9.97 Å². The highest BCUT2D eigenvalue weighted by molar-refractivity contribution is 8.00. The molecule has 3 rings (SSSR count). The van der Waals surface area contributed by atoms with Crippen LogP contribution in [0.5, 0.6) is 0 Å². The first-order chi connectivity index (χ1) is 12.0. The van der Waals surface area contributed by atoms with Crippen molar-refractivity contribution < 1.29 is 4.79 Å². The number of aromatic nitrogens is 4. The van der Waals surface area contributed by atoms with Crippen molar-refractivity contribution in [2.24, 2.45) is 0 Å². The minimum Gasteiger partial charge on any atom is -0.310 e. The molecule has 6 nitrogen and oxygen atoms in total. The lowest BCUT2D eigenvalue weighted by Gasteiger charge is -2.20. The molecule has 2 aromatic heterocycles. The van der Waals surface area contributed by atoms with E-state index in [9.17, 15) is 4.79 Å². The molecule has 1 amide bonds. The average molecular weight is 359 g/mol. The van der Waals surface area contributed by atoms with Crippen LogP contribution in [0.1, 0.15) is 49.2 Å². The molecular weight excluding hydrogens is 334 g/mol. The summed E-state index contributed by atoms with van der Waals surface area (Å²) in [6.07, 6.45) is 6.36. The van der Waals surface area contributed by atoms with Crippen LogP contribution in [0.2, 0.25) is 0 Å². The van der Waals surface area contributed by atoms with Gasteiger partial charge in [-0.15, -0.1) is 11.8 Å². The SMILES string of the molecule is Cc1cc(C)nc(-n2nc(C)cc2NC(=O)CSC2CCCCC2)n1. The second kappa shape index (κ2) is 7.99. The first-order valence-electron chi connectivity index (χ1n) is 8.82. The third-order valence-electron chi connectivity index (χ3n) is 4.26. The van der Waals surface area contributed by atoms with Gasteiger partial charge in [0.25, 0.3) is 5.95 Å². The van der Waals surface area contributed by atoms with Crippen molar-refractivity contribution in [2.75, 3.05) is 11.1 Å². The maximum absolute atomic E-state index is 12.4. The van der Waals surface area contributed by atoms with Crippen LogP contribution in [-0.2, 0) is 4.79 Å². The molecular formula is C18H25N5OS. The summed E-state index contributed by atoms with van der Waals surface area (Å²) in [4.78, 5) is 21.2. The van der Waals surface area contributed by atoms with Crippen molar-refractivity contribution in [3.8, 4) is 5.95 Å². The summed E-state index contributed by atoms with van der Waals surface area (Å²) in [6.45, 7) is 5.74. The van der Waals surface area contributed by atoms with Gasteiger partial charge in [0, 0.05) is 22.7 Å². The Morgan fingerprint density at radius 1 is 1.12 bits per heavy atom. The van der Waals surface area contributed by atoms with Gasteiger partial charge in [-0.1, -0.05) is 19.3 Å². The van der Waals surface area contributed by atoms with Crippen LogP contribution in [0.25, 0.3) is 5.95 Å². The molecule has 1 aliphatic carbocycles. The van der Waals surface area contributed by atoms with Crippen molar-refractivity contribution in [1.82, 2.24) is 19.7 Å². The number of aryl methyl sites for hydroxylation is 3. The zero-order valence-electron chi connectivity index (χ0n) is 15.1. The number of thioether (sulfide) groups is 1. The maximum Gasteiger partial charge on any atom is 0.252 e. The number of anilines is 1. The van der Waals surface area contributed by atoms with E-state index in [4.69, 9.17) is 0 Å². The number of hydrogen-bond donors (Lipinski definition) is 1. The quantitative estimate of drug-likeness (QED) is 0.883. The highest BCUT2D eigenvalue weighted by Gasteiger charge is 2.17. The van der Waals surface area contributed by atoms with E-state index in [1.54, 1.807) is 16.4 Å². The molecule has 2 aromatic rings. The highest BCUT2D eigenvalue weighted by atomic mass is 32.2. The van der Waals surface area contributed by atoms with Crippen LogP contribution in [0, 0.1) is 20.8 Å². The van der Waals surface area contributed by atoms with Crippen LogP contribution < -0.4 is 5.32 Å². The number of carbonyl (C=O) groups is 1. The van der Waals surface area contributed by atoms with Crippen molar-refractivity contribution >= 4 is 23.5 Å². The smallest absolute Gasteiger partial charge is 0.252 e. The molecule has 0 aliphatic heterocycles. The number of carbonyl (C=O) groups excluding carboxylic acids is 1. The minimum atomic E-state index is 0.00102. The largest absolute Gasteiger partial charge is 0.310 e. The average Bonchev–Trinajstić information content (AvgIpc) is 2.93. The maximum atomic E-state index is 12.4. The molecule has 0 aromatic carbocycles. The lowest BCUT2D eigenvalue weighted by molar-refractivity contribution is -0.113. The summed E-state index contributed by atoms with van der Waals surface area (Å²) in [5.74, 6) is 1.58. The number of rotatable bonds is 5. The van der Waals surface area contributed by atoms with E-state index < -0.39 is 0 Å². The van der Waals surface area contributed by atoms with Crippen molar-refractivity contribution in [3.05, 3.63) is 29.2 Å². The number of amides is 1. The van der Waals surface area contributed by atoms with Crippen LogP contribution in [0.15, 0.2) is 12.1 Å². The zero-order valence-corrected chi connectivity index (χ0v) is 15.9. The van der Waals surface area contributed by atoms with E-state index in [1.807, 2.05) is 32.9 Å². The van der Waals surface area contributed by atoms with E-state index in [0.29, 0.717) is 22.8 Å². The third-order valence-corrected chi connectivity index (χ3v) is 5.63. The Labute approximate surface area is 152 Å². The highest BCUT2D eigenvalue weighted by Crippen LogP contribution is 2.28. The van der Waals surface area contributed by atoms with Gasteiger partial charge in [0.1, 0.15) is 5.82 Å². The molecule has 0 unspecified atom stereocenters. The molecule has 0 bridgehead atoms. The van der Waals surface area contributed by atoms with Crippen molar-refractivity contribution in [3.63, 3.8) is 0 Å². The van der Waals surface area contributed by atoms with Gasteiger partial charge in [0.2, 0.25) is 5.91 Å². The Kier molecular flexibility index (Phi) is 5.73. The first-order valence-corrected chi connectivity index (χ1v) is 9.87. The van der Waals surface area contributed by atoms with Crippen LogP contribution in [-0.4, -0.2) is 36.7 Å². The Bertz CT molecular complexity index is 732. The lowest BCUT2D eigenvalue weighted by Crippen LogP contribution is -2.20. The number of hydrogen-bond acceptors (Lipinski definition) is 5. The lowest BCUT2D eigenvalue weighted by atomic mass is 10.0. The second-order valence-corrected chi connectivity index (χ2v) is 7.94. The fourth-order valence-corrected chi connectivity index (χ4v) is 4.27. The molecule has 1 N–H and O–H groups in total. The van der Waals surface area contributed by atoms with Gasteiger partial charge in [0.05, 0.1) is 11.4 Å². The van der Waals surface area contributed by atoms with Crippen molar-refractivity contribution in [2.45, 2.75) is 58.1 Å². The molecule has 7 heteroatoms. The van der Waals surface area contributed by atoms with Gasteiger partial charge in [-0.05, 0) is 39.7 Å². The van der Waals surface area contributed by atoms with Crippen molar-refractivity contribution in [1.29, 1.82) is 0 Å². The molecule has 0 atom stereocenters. The standard InChI is InChI=1S/C18H25N5OS/c1-12-9-13(2)20-18(19-12)23-16(10-14(3)22-23)21-17(24)11-25-15-7-5-4-6-8-15/h9-10,15H,4-8,11H2,1-3H3,(H,21,24). The Morgan fingerprint density at radius 2 is 1.80 bits per heavy atom. The summed E-state index contributed by atoms with van der Waals surface area (Å²) in [6, 6.07) is 3.77. The molecule has 0 radical (unpaired) electrons. The first kappa shape index (κ1) is 17.9. The number of nitrogens with one attached hydrogen (secondary N) is 1. The molecule has 0 saturated heterocycles. The normalized spacial score (nSPS) is 15.3. The molecule has 1 saturated carbocycles. The Balaban J connectivity index is 1.69. The summed E-state index contributed by atoms with van der Waals surface area (Å²) < 4.78 is 1.61. The third kappa shape index (κ3) is 4.81. The predicted octanol–water partition coefficient (Wildman–Crippen LogP) is 3.59. The molecule has 1 fully saturated rings. The monoisotopic (exact) mass is 359 g/mol. The predicted molar refractivity (Wildman–Crippen MR) is 101 cm³/mol. The minimum absolute atomic E-state index is 0.00102. The van der Waals surface area contributed by atoms with E-state index >= 15 is 0 Å². The van der Waals surface area contributed by atoms with Crippen LogP contribution >= 0.6 is 11.8 Å². The fraction of sp³-hybridized carbons (Fsp3) is 0.556. The van der Waals surface area contributed by atoms with Gasteiger partial charge >= 0.3 is 0 Å². The molecule has 0 spiro atoms. The van der Waals surface area contributed by atoms with Gasteiger partial charge in [-0.3, -0.25) is 4.79 Å². The summed E-state index contributed by atoms with van der Waals surface area (Å²) in [5, 5.41) is 8.02. The topological polar surface area (TPSA) is 72.7 Å². The van der Waals surface area contributed by atoms with Crippen LogP contribution in [0.3, 0.4) is 0 Å². The van der Waals surface area contributed by atoms with Crippen LogP contribution in [0.4, 0.5) is 5.82 Å². The van der Waals surface area contributed by atoms with E-state index in [0.717, 1.165) is 17.1 Å². The van der Waals surface area contributed by atoms with E-state index in [-0.39, 0.29) is 5.91 Å². The molecule has 1 aliphatic rings. The summed E-state index contributed by atoms with van der Waals surface area (Å²) in [7, 11) is 0. The summed E-state index contributed by atoms with van der Waals surface area (Å²) >= 11 is 1.77. The van der Waals surface area contributed by atoms with Gasteiger partial charge < -0.3 is 5.32 Å². The fourth-order valence-electron chi connectivity index (χ4n) is 3.15. The molecule has 2 heterocycles. The second-order valence-electron chi connectivity index (χ2n) is 6.65. The number of nitrogens with zero attached hydrogens (tertiary/aromatic N) is 4. The van der Waals surface area contributed by atoms with Gasteiger partial charge in [-0.2, -0.15) is 9.78 Å². The van der Waals surface area contributed by atoms with E-state index in [2.05, 4.69) is 20.4 Å². The Morgan fingerprint density at radius 3 is 2.48 bits per heavy atom. The van der Waals surface area contributed by atoms with E-state index in [1.165, 1.54) is 32.1 Å². The zero-order chi connectivity index (χ0) is 17.8. The molecule has 25 heavy (non-hydrogen) atoms. The molecule has 134 valence electrons. The van der Waals surface area contributed by atoms with Gasteiger partial charge in [0.15, 0.2) is 0 Å². The summed E-state index contributed by atoms with van der Waals surface area (Å²) in [5.41, 5.74) is 2.57.